The average molecular weight is 665 g/mol. The van der Waals surface area contributed by atoms with Crippen molar-refractivity contribution in [3.63, 3.8) is 0 Å². The molecule has 0 aromatic carbocycles. The lowest BCUT2D eigenvalue weighted by atomic mass is 10.1. The van der Waals surface area contributed by atoms with E-state index in [1.807, 2.05) is 0 Å². The van der Waals surface area contributed by atoms with Gasteiger partial charge in [0.15, 0.2) is 6.10 Å². The van der Waals surface area contributed by atoms with Crippen molar-refractivity contribution < 1.29 is 33.8 Å². The maximum atomic E-state index is 12.3. The van der Waals surface area contributed by atoms with Gasteiger partial charge in [0, 0.05) is 12.8 Å². The first-order valence-electron chi connectivity index (χ1n) is 19.6. The van der Waals surface area contributed by atoms with Gasteiger partial charge in [0.1, 0.15) is 6.61 Å². The number of carbonyl (C=O) groups excluding carboxylic acids is 2. The minimum atomic E-state index is -1.98. The molecule has 0 aromatic heterocycles. The van der Waals surface area contributed by atoms with Crippen LogP contribution in [0.15, 0.2) is 24.3 Å². The lowest BCUT2D eigenvalue weighted by Crippen LogP contribution is -2.33. The smallest absolute Gasteiger partial charge is 0.462 e. The first kappa shape index (κ1) is 45.4. The first-order chi connectivity index (χ1) is 23.0. The lowest BCUT2D eigenvalue weighted by molar-refractivity contribution is -0.161. The standard InChI is InChI=1S/C39H73BO7/c1-3-5-7-9-11-13-15-17-19-21-23-25-27-29-31-33-38(41)45-35-37(36-46-40(43)44)47-39(42)34-32-30-28-26-24-22-20-18-16-14-12-10-8-6-4-2/h17-20,37,43-44H,3-16,21-36H2,1-2H3/b19-17-,20-18-. The zero-order chi connectivity index (χ0) is 34.5. The highest BCUT2D eigenvalue weighted by Crippen LogP contribution is 2.13. The molecule has 0 heterocycles. The number of hydrogen-bond donors (Lipinski definition) is 2. The van der Waals surface area contributed by atoms with Crippen molar-refractivity contribution >= 4 is 19.3 Å². The van der Waals surface area contributed by atoms with Gasteiger partial charge in [-0.15, -0.1) is 0 Å². The normalized spacial score (nSPS) is 12.3. The van der Waals surface area contributed by atoms with Crippen LogP contribution >= 0.6 is 0 Å². The molecule has 0 aromatic rings. The summed E-state index contributed by atoms with van der Waals surface area (Å²) in [6.45, 7) is 4.09. The van der Waals surface area contributed by atoms with Crippen LogP contribution in [0, 0.1) is 0 Å². The quantitative estimate of drug-likeness (QED) is 0.0297. The van der Waals surface area contributed by atoms with Gasteiger partial charge in [0.05, 0.1) is 6.61 Å². The number of allylic oxidation sites excluding steroid dienone is 4. The molecule has 0 radical (unpaired) electrons. The van der Waals surface area contributed by atoms with Crippen LogP contribution in [0.4, 0.5) is 0 Å². The maximum Gasteiger partial charge on any atom is 0.634 e. The van der Waals surface area contributed by atoms with E-state index in [2.05, 4.69) is 38.2 Å². The van der Waals surface area contributed by atoms with Crippen molar-refractivity contribution in [1.29, 1.82) is 0 Å². The Balaban J connectivity index is 3.86. The van der Waals surface area contributed by atoms with E-state index in [1.54, 1.807) is 0 Å². The Labute approximate surface area is 289 Å². The van der Waals surface area contributed by atoms with Crippen LogP contribution in [0.2, 0.25) is 0 Å². The molecule has 1 unspecified atom stereocenters. The van der Waals surface area contributed by atoms with Crippen molar-refractivity contribution in [2.45, 2.75) is 200 Å². The van der Waals surface area contributed by atoms with E-state index in [9.17, 15) is 9.59 Å². The van der Waals surface area contributed by atoms with E-state index in [4.69, 9.17) is 24.2 Å². The molecule has 274 valence electrons. The summed E-state index contributed by atoms with van der Waals surface area (Å²) in [4.78, 5) is 24.6. The van der Waals surface area contributed by atoms with Gasteiger partial charge in [0.25, 0.3) is 0 Å². The predicted octanol–water partition coefficient (Wildman–Crippen LogP) is 10.5. The van der Waals surface area contributed by atoms with Gasteiger partial charge in [-0.25, -0.2) is 0 Å². The Hall–Kier alpha value is -1.64. The molecule has 0 aliphatic rings. The molecule has 0 saturated carbocycles. The van der Waals surface area contributed by atoms with E-state index in [0.717, 1.165) is 64.2 Å². The molecule has 47 heavy (non-hydrogen) atoms. The van der Waals surface area contributed by atoms with Gasteiger partial charge in [0.2, 0.25) is 0 Å². The summed E-state index contributed by atoms with van der Waals surface area (Å²) in [6, 6.07) is 0. The van der Waals surface area contributed by atoms with Crippen molar-refractivity contribution in [2.75, 3.05) is 13.2 Å². The Kier molecular flexibility index (Phi) is 35.9. The van der Waals surface area contributed by atoms with Crippen molar-refractivity contribution in [3.05, 3.63) is 24.3 Å². The number of ether oxygens (including phenoxy) is 2. The molecule has 0 bridgehead atoms. The Morgan fingerprint density at radius 3 is 1.28 bits per heavy atom. The highest BCUT2D eigenvalue weighted by Gasteiger charge is 2.20. The topological polar surface area (TPSA) is 102 Å². The van der Waals surface area contributed by atoms with Gasteiger partial charge in [-0.3, -0.25) is 9.59 Å². The maximum absolute atomic E-state index is 12.3. The van der Waals surface area contributed by atoms with Crippen LogP contribution < -0.4 is 0 Å². The van der Waals surface area contributed by atoms with Gasteiger partial charge < -0.3 is 24.2 Å². The third-order valence-electron chi connectivity index (χ3n) is 8.44. The molecule has 0 fully saturated rings. The second kappa shape index (κ2) is 37.2. The van der Waals surface area contributed by atoms with E-state index in [1.165, 1.54) is 103 Å². The molecular weight excluding hydrogens is 591 g/mol. The van der Waals surface area contributed by atoms with Gasteiger partial charge in [-0.2, -0.15) is 0 Å². The van der Waals surface area contributed by atoms with E-state index >= 15 is 0 Å². The zero-order valence-corrected chi connectivity index (χ0v) is 30.6. The summed E-state index contributed by atoms with van der Waals surface area (Å²) < 4.78 is 15.5. The number of esters is 2. The molecule has 0 aliphatic heterocycles. The summed E-state index contributed by atoms with van der Waals surface area (Å²) in [5.41, 5.74) is 0. The fourth-order valence-electron chi connectivity index (χ4n) is 5.49. The minimum Gasteiger partial charge on any atom is -0.462 e. The van der Waals surface area contributed by atoms with Crippen LogP contribution in [-0.4, -0.2) is 48.6 Å². The Morgan fingerprint density at radius 1 is 0.511 bits per heavy atom. The van der Waals surface area contributed by atoms with Crippen LogP contribution in [0.3, 0.4) is 0 Å². The predicted molar refractivity (Wildman–Crippen MR) is 196 cm³/mol. The molecular formula is C39H73BO7. The molecule has 0 spiro atoms. The largest absolute Gasteiger partial charge is 0.634 e. The number of rotatable bonds is 36. The molecule has 8 heteroatoms. The molecule has 0 saturated heterocycles. The van der Waals surface area contributed by atoms with Crippen molar-refractivity contribution in [1.82, 2.24) is 0 Å². The minimum absolute atomic E-state index is 0.158. The van der Waals surface area contributed by atoms with Gasteiger partial charge in [-0.05, 0) is 64.2 Å². The van der Waals surface area contributed by atoms with Crippen LogP contribution in [0.25, 0.3) is 0 Å². The summed E-state index contributed by atoms with van der Waals surface area (Å²) >= 11 is 0. The van der Waals surface area contributed by atoms with Crippen LogP contribution in [0.5, 0.6) is 0 Å². The monoisotopic (exact) mass is 665 g/mol. The molecule has 0 aliphatic carbocycles. The second-order valence-corrected chi connectivity index (χ2v) is 13.1. The summed E-state index contributed by atoms with van der Waals surface area (Å²) in [5.74, 6) is -0.734. The zero-order valence-electron chi connectivity index (χ0n) is 30.6. The Bertz CT molecular complexity index is 741. The van der Waals surface area contributed by atoms with E-state index < -0.39 is 19.4 Å². The summed E-state index contributed by atoms with van der Waals surface area (Å²) in [6.07, 6.45) is 39.9. The Morgan fingerprint density at radius 2 is 0.872 bits per heavy atom. The fraction of sp³-hybridized carbons (Fsp3) is 0.846. The summed E-state index contributed by atoms with van der Waals surface area (Å²) in [5, 5.41) is 18.1. The third-order valence-corrected chi connectivity index (χ3v) is 8.44. The van der Waals surface area contributed by atoms with Crippen LogP contribution in [-0.2, 0) is 23.7 Å². The van der Waals surface area contributed by atoms with Gasteiger partial charge in [-0.1, -0.05) is 141 Å². The summed E-state index contributed by atoms with van der Waals surface area (Å²) in [7, 11) is -1.98. The highest BCUT2D eigenvalue weighted by molar-refractivity contribution is 6.32. The number of carbonyl (C=O) groups is 2. The van der Waals surface area contributed by atoms with E-state index in [0.29, 0.717) is 6.42 Å². The SMILES string of the molecule is CCCCCCCC/C=C\CCCCCCCC(=O)OCC(COB(O)O)OC(=O)CCCCCCC/C=C\CCCCCCCC. The van der Waals surface area contributed by atoms with Gasteiger partial charge >= 0.3 is 19.3 Å². The molecule has 0 rings (SSSR count). The molecule has 1 atom stereocenters. The second-order valence-electron chi connectivity index (χ2n) is 13.1. The number of hydrogen-bond acceptors (Lipinski definition) is 7. The third kappa shape index (κ3) is 37.0. The molecule has 7 nitrogen and oxygen atoms in total. The van der Waals surface area contributed by atoms with Crippen LogP contribution in [0.1, 0.15) is 194 Å². The lowest BCUT2D eigenvalue weighted by Gasteiger charge is -2.18. The van der Waals surface area contributed by atoms with E-state index in [-0.39, 0.29) is 25.6 Å². The van der Waals surface area contributed by atoms with Crippen molar-refractivity contribution in [3.8, 4) is 0 Å². The highest BCUT2D eigenvalue weighted by atomic mass is 16.6. The molecule has 2 N–H and O–H groups in total. The molecule has 0 amide bonds. The fourth-order valence-corrected chi connectivity index (χ4v) is 5.49. The number of unbranched alkanes of at least 4 members (excludes halogenated alkanes) is 22. The first-order valence-corrected chi connectivity index (χ1v) is 19.6. The van der Waals surface area contributed by atoms with Crippen molar-refractivity contribution in [2.24, 2.45) is 0 Å². The average Bonchev–Trinajstić information content (AvgIpc) is 3.05.